The van der Waals surface area contributed by atoms with Crippen LogP contribution in [0, 0.1) is 0 Å². The van der Waals surface area contributed by atoms with Gasteiger partial charge in [-0.15, -0.1) is 0 Å². The zero-order valence-electron chi connectivity index (χ0n) is 9.48. The largest absolute Gasteiger partial charge is 0.358 e. The Bertz CT molecular complexity index is 419. The van der Waals surface area contributed by atoms with E-state index in [0.717, 1.165) is 37.3 Å². The van der Waals surface area contributed by atoms with Crippen molar-refractivity contribution in [2.45, 2.75) is 18.5 Å². The van der Waals surface area contributed by atoms with E-state index in [1.165, 1.54) is 0 Å². The number of likely N-dealkylation sites (tertiary alicyclic amines) is 1. The number of fused-ring (bicyclic) bond motifs is 1. The standard InChI is InChI=1S/C12H16N4/c1-16-8-6-12(7-9-16)13-10-4-2-3-5-11(10)14-15-12/h2-5,13H,6-9H2,1H3. The molecular weight excluding hydrogens is 200 g/mol. The maximum absolute atomic E-state index is 4.48. The summed E-state index contributed by atoms with van der Waals surface area (Å²) in [6.45, 7) is 2.16. The Labute approximate surface area is 95.4 Å². The summed E-state index contributed by atoms with van der Waals surface area (Å²) in [6.07, 6.45) is 2.06. The van der Waals surface area contributed by atoms with Crippen LogP contribution in [0.4, 0.5) is 11.4 Å². The van der Waals surface area contributed by atoms with Gasteiger partial charge in [0.25, 0.3) is 0 Å². The number of nitrogens with one attached hydrogen (secondary N) is 1. The highest BCUT2D eigenvalue weighted by molar-refractivity contribution is 5.67. The predicted molar refractivity (Wildman–Crippen MR) is 64.0 cm³/mol. The second-order valence-electron chi connectivity index (χ2n) is 4.68. The van der Waals surface area contributed by atoms with Gasteiger partial charge in [0.2, 0.25) is 0 Å². The van der Waals surface area contributed by atoms with Gasteiger partial charge in [-0.05, 0) is 19.2 Å². The monoisotopic (exact) mass is 216 g/mol. The van der Waals surface area contributed by atoms with Crippen molar-refractivity contribution in [3.8, 4) is 0 Å². The molecule has 2 aliphatic rings. The minimum Gasteiger partial charge on any atom is -0.358 e. The molecular formula is C12H16N4. The highest BCUT2D eigenvalue weighted by Gasteiger charge is 2.36. The summed E-state index contributed by atoms with van der Waals surface area (Å²) < 4.78 is 0. The maximum Gasteiger partial charge on any atom is 0.153 e. The molecule has 4 heteroatoms. The van der Waals surface area contributed by atoms with Crippen LogP contribution in [0.1, 0.15) is 12.8 Å². The third-order valence-electron chi connectivity index (χ3n) is 3.43. The zero-order valence-corrected chi connectivity index (χ0v) is 9.48. The molecule has 1 aromatic rings. The second kappa shape index (κ2) is 3.56. The first-order chi connectivity index (χ1) is 7.77. The zero-order chi connectivity index (χ0) is 11.0. The average molecular weight is 216 g/mol. The summed E-state index contributed by atoms with van der Waals surface area (Å²) in [5.41, 5.74) is 1.91. The van der Waals surface area contributed by atoms with E-state index in [-0.39, 0.29) is 5.66 Å². The quantitative estimate of drug-likeness (QED) is 0.724. The fraction of sp³-hybridized carbons (Fsp3) is 0.500. The Hall–Kier alpha value is -1.42. The molecule has 1 spiro atoms. The van der Waals surface area contributed by atoms with E-state index in [0.29, 0.717) is 0 Å². The van der Waals surface area contributed by atoms with Crippen LogP contribution < -0.4 is 5.32 Å². The molecule has 4 nitrogen and oxygen atoms in total. The lowest BCUT2D eigenvalue weighted by Crippen LogP contribution is -2.47. The number of nitrogens with zero attached hydrogens (tertiary/aromatic N) is 3. The van der Waals surface area contributed by atoms with Crippen LogP contribution in [-0.4, -0.2) is 30.7 Å². The smallest absolute Gasteiger partial charge is 0.153 e. The summed E-state index contributed by atoms with van der Waals surface area (Å²) in [5, 5.41) is 12.4. The van der Waals surface area contributed by atoms with E-state index in [2.05, 4.69) is 33.6 Å². The normalized spacial score (nSPS) is 22.8. The van der Waals surface area contributed by atoms with Crippen LogP contribution in [0.2, 0.25) is 0 Å². The van der Waals surface area contributed by atoms with E-state index < -0.39 is 0 Å². The van der Waals surface area contributed by atoms with Gasteiger partial charge >= 0.3 is 0 Å². The molecule has 84 valence electrons. The average Bonchev–Trinajstić information content (AvgIpc) is 2.33. The summed E-state index contributed by atoms with van der Waals surface area (Å²) in [6, 6.07) is 8.10. The van der Waals surface area contributed by atoms with Crippen molar-refractivity contribution in [3.63, 3.8) is 0 Å². The third kappa shape index (κ3) is 1.59. The number of hydrogen-bond acceptors (Lipinski definition) is 4. The molecule has 0 atom stereocenters. The van der Waals surface area contributed by atoms with Crippen LogP contribution >= 0.6 is 0 Å². The van der Waals surface area contributed by atoms with Crippen LogP contribution in [0.5, 0.6) is 0 Å². The molecule has 0 radical (unpaired) electrons. The number of rotatable bonds is 0. The number of anilines is 1. The van der Waals surface area contributed by atoms with Crippen molar-refractivity contribution in [2.24, 2.45) is 10.2 Å². The lowest BCUT2D eigenvalue weighted by molar-refractivity contribution is 0.204. The SMILES string of the molecule is CN1CCC2(CC1)N=Nc1ccccc1N2. The van der Waals surface area contributed by atoms with Gasteiger partial charge in [-0.3, -0.25) is 0 Å². The highest BCUT2D eigenvalue weighted by Crippen LogP contribution is 2.37. The molecule has 2 heterocycles. The van der Waals surface area contributed by atoms with Crippen LogP contribution in [0.25, 0.3) is 0 Å². The first-order valence-electron chi connectivity index (χ1n) is 5.76. The van der Waals surface area contributed by atoms with Crippen molar-refractivity contribution < 1.29 is 0 Å². The Balaban J connectivity index is 1.87. The molecule has 1 saturated heterocycles. The topological polar surface area (TPSA) is 40.0 Å². The molecule has 2 aliphatic heterocycles. The molecule has 1 fully saturated rings. The van der Waals surface area contributed by atoms with E-state index in [1.807, 2.05) is 18.2 Å². The van der Waals surface area contributed by atoms with Gasteiger partial charge in [0.15, 0.2) is 5.66 Å². The van der Waals surface area contributed by atoms with Gasteiger partial charge in [0.05, 0.1) is 5.69 Å². The van der Waals surface area contributed by atoms with Crippen molar-refractivity contribution in [3.05, 3.63) is 24.3 Å². The Morgan fingerprint density at radius 1 is 1.25 bits per heavy atom. The van der Waals surface area contributed by atoms with Crippen LogP contribution in [0.3, 0.4) is 0 Å². The Morgan fingerprint density at radius 2 is 2.00 bits per heavy atom. The van der Waals surface area contributed by atoms with Gasteiger partial charge in [-0.1, -0.05) is 12.1 Å². The first kappa shape index (κ1) is 9.78. The van der Waals surface area contributed by atoms with Gasteiger partial charge in [0, 0.05) is 25.9 Å². The molecule has 16 heavy (non-hydrogen) atoms. The van der Waals surface area contributed by atoms with Gasteiger partial charge in [0.1, 0.15) is 5.69 Å². The number of piperidine rings is 1. The number of hydrogen-bond donors (Lipinski definition) is 1. The van der Waals surface area contributed by atoms with Crippen molar-refractivity contribution in [1.82, 2.24) is 4.90 Å². The van der Waals surface area contributed by atoms with Gasteiger partial charge in [-0.25, -0.2) is 0 Å². The molecule has 1 aromatic carbocycles. The minimum absolute atomic E-state index is 0.152. The van der Waals surface area contributed by atoms with E-state index >= 15 is 0 Å². The summed E-state index contributed by atoms with van der Waals surface area (Å²) in [7, 11) is 2.15. The fourth-order valence-corrected chi connectivity index (χ4v) is 2.31. The summed E-state index contributed by atoms with van der Waals surface area (Å²) in [4.78, 5) is 2.34. The molecule has 0 amide bonds. The van der Waals surface area contributed by atoms with Gasteiger partial charge < -0.3 is 10.2 Å². The second-order valence-corrected chi connectivity index (χ2v) is 4.68. The summed E-state index contributed by atoms with van der Waals surface area (Å²) in [5.74, 6) is 0. The molecule has 0 unspecified atom stereocenters. The van der Waals surface area contributed by atoms with Crippen LogP contribution in [0.15, 0.2) is 34.5 Å². The Morgan fingerprint density at radius 3 is 2.81 bits per heavy atom. The fourth-order valence-electron chi connectivity index (χ4n) is 2.31. The van der Waals surface area contributed by atoms with Gasteiger partial charge in [-0.2, -0.15) is 10.2 Å². The maximum atomic E-state index is 4.48. The number of para-hydroxylation sites is 1. The van der Waals surface area contributed by atoms with Crippen molar-refractivity contribution in [2.75, 3.05) is 25.5 Å². The van der Waals surface area contributed by atoms with Crippen LogP contribution in [-0.2, 0) is 0 Å². The number of benzene rings is 1. The minimum atomic E-state index is -0.152. The summed E-state index contributed by atoms with van der Waals surface area (Å²) >= 11 is 0. The Kier molecular flexibility index (Phi) is 2.17. The van der Waals surface area contributed by atoms with E-state index in [1.54, 1.807) is 0 Å². The molecule has 0 aromatic heterocycles. The molecule has 0 aliphatic carbocycles. The lowest BCUT2D eigenvalue weighted by Gasteiger charge is -2.39. The van der Waals surface area contributed by atoms with Crippen molar-refractivity contribution in [1.29, 1.82) is 0 Å². The molecule has 0 saturated carbocycles. The predicted octanol–water partition coefficient (Wildman–Crippen LogP) is 2.62. The van der Waals surface area contributed by atoms with Crippen molar-refractivity contribution >= 4 is 11.4 Å². The first-order valence-corrected chi connectivity index (χ1v) is 5.76. The molecule has 0 bridgehead atoms. The highest BCUT2D eigenvalue weighted by atomic mass is 15.3. The molecule has 1 N–H and O–H groups in total. The lowest BCUT2D eigenvalue weighted by atomic mass is 9.97. The molecule has 3 rings (SSSR count). The number of azo groups is 1. The van der Waals surface area contributed by atoms with E-state index in [4.69, 9.17) is 0 Å². The third-order valence-corrected chi connectivity index (χ3v) is 3.43. The van der Waals surface area contributed by atoms with E-state index in [9.17, 15) is 0 Å².